The molecule has 0 saturated carbocycles. The third-order valence-corrected chi connectivity index (χ3v) is 4.79. The Morgan fingerprint density at radius 3 is 2.42 bits per heavy atom. The average Bonchev–Trinajstić information content (AvgIpc) is 2.77. The number of pyridine rings is 1. The molecule has 1 heterocycles. The highest BCUT2D eigenvalue weighted by Gasteiger charge is 2.16. The van der Waals surface area contributed by atoms with Crippen molar-refractivity contribution >= 4 is 17.6 Å². The predicted octanol–water partition coefficient (Wildman–Crippen LogP) is 3.55. The van der Waals surface area contributed by atoms with Gasteiger partial charge in [0.05, 0.1) is 25.0 Å². The lowest BCUT2D eigenvalue weighted by Crippen LogP contribution is -2.28. The van der Waals surface area contributed by atoms with Gasteiger partial charge in [0, 0.05) is 18.3 Å². The molecule has 168 valence electrons. The van der Waals surface area contributed by atoms with E-state index in [0.717, 1.165) is 19.6 Å². The highest BCUT2D eigenvalue weighted by atomic mass is 16.5. The molecule has 2 aromatic rings. The van der Waals surface area contributed by atoms with Crippen LogP contribution in [0.4, 0.5) is 5.69 Å². The summed E-state index contributed by atoms with van der Waals surface area (Å²) >= 11 is 0. The topological polar surface area (TPSA) is 90.0 Å². The van der Waals surface area contributed by atoms with Crippen LogP contribution < -0.4 is 14.8 Å². The van der Waals surface area contributed by atoms with Crippen LogP contribution in [0.5, 0.6) is 11.5 Å². The summed E-state index contributed by atoms with van der Waals surface area (Å²) in [6.45, 7) is 11.1. The summed E-state index contributed by atoms with van der Waals surface area (Å²) in [7, 11) is 1.57. The van der Waals surface area contributed by atoms with Gasteiger partial charge in [0.15, 0.2) is 11.5 Å². The molecule has 1 amide bonds. The number of nitrogens with zero attached hydrogens (tertiary/aromatic N) is 2. The van der Waals surface area contributed by atoms with E-state index in [1.165, 1.54) is 6.07 Å². The minimum atomic E-state index is -0.457. The number of aromatic nitrogens is 1. The van der Waals surface area contributed by atoms with E-state index in [1.807, 2.05) is 0 Å². The van der Waals surface area contributed by atoms with Crippen LogP contribution in [0.1, 0.15) is 47.3 Å². The smallest absolute Gasteiger partial charge is 0.339 e. The van der Waals surface area contributed by atoms with Crippen molar-refractivity contribution in [1.82, 2.24) is 9.88 Å². The predicted molar refractivity (Wildman–Crippen MR) is 119 cm³/mol. The molecule has 1 aromatic carbocycles. The molecule has 0 aliphatic carbocycles. The number of carbonyl (C=O) groups excluding carboxylic acids is 2. The highest BCUT2D eigenvalue weighted by Crippen LogP contribution is 2.30. The van der Waals surface area contributed by atoms with E-state index in [4.69, 9.17) is 14.2 Å². The van der Waals surface area contributed by atoms with Crippen LogP contribution in [-0.4, -0.2) is 61.7 Å². The Kier molecular flexibility index (Phi) is 9.27. The number of ether oxygens (including phenoxy) is 3. The third-order valence-electron chi connectivity index (χ3n) is 4.79. The van der Waals surface area contributed by atoms with Crippen LogP contribution in [0.15, 0.2) is 30.3 Å². The third kappa shape index (κ3) is 6.68. The zero-order valence-electron chi connectivity index (χ0n) is 18.9. The second-order valence-electron chi connectivity index (χ2n) is 6.75. The SMILES string of the molecule is CCOC(=O)c1ccc(C(=O)Nc2ccc(OC)c(OCCN(CC)CC)c2)nc1C. The first-order valence-corrected chi connectivity index (χ1v) is 10.4. The minimum Gasteiger partial charge on any atom is -0.493 e. The molecule has 0 saturated heterocycles. The number of hydrogen-bond donors (Lipinski definition) is 1. The first kappa shape index (κ1) is 24.1. The fourth-order valence-corrected chi connectivity index (χ4v) is 3.00. The molecule has 0 atom stereocenters. The molecule has 0 radical (unpaired) electrons. The molecule has 8 nitrogen and oxygen atoms in total. The monoisotopic (exact) mass is 429 g/mol. The summed E-state index contributed by atoms with van der Waals surface area (Å²) in [5.74, 6) is 0.290. The molecule has 1 aromatic heterocycles. The number of aryl methyl sites for hydroxylation is 1. The average molecular weight is 430 g/mol. The van der Waals surface area contributed by atoms with Gasteiger partial charge in [-0.1, -0.05) is 13.8 Å². The number of anilines is 1. The normalized spacial score (nSPS) is 10.6. The van der Waals surface area contributed by atoms with Crippen LogP contribution in [0, 0.1) is 6.92 Å². The molecule has 31 heavy (non-hydrogen) atoms. The number of hydrogen-bond acceptors (Lipinski definition) is 7. The van der Waals surface area contributed by atoms with Gasteiger partial charge in [-0.3, -0.25) is 4.79 Å². The van der Waals surface area contributed by atoms with Crippen molar-refractivity contribution < 1.29 is 23.8 Å². The van der Waals surface area contributed by atoms with E-state index < -0.39 is 11.9 Å². The molecule has 8 heteroatoms. The molecule has 0 aliphatic heterocycles. The Morgan fingerprint density at radius 1 is 1.06 bits per heavy atom. The first-order chi connectivity index (χ1) is 14.9. The molecule has 0 unspecified atom stereocenters. The Bertz CT molecular complexity index is 897. The number of benzene rings is 1. The Balaban J connectivity index is 2.10. The molecule has 0 fully saturated rings. The summed E-state index contributed by atoms with van der Waals surface area (Å²) < 4.78 is 16.2. The summed E-state index contributed by atoms with van der Waals surface area (Å²) in [6.07, 6.45) is 0. The van der Waals surface area contributed by atoms with E-state index in [1.54, 1.807) is 45.2 Å². The van der Waals surface area contributed by atoms with Crippen molar-refractivity contribution in [1.29, 1.82) is 0 Å². The molecule has 2 rings (SSSR count). The summed E-state index contributed by atoms with van der Waals surface area (Å²) in [5.41, 5.74) is 1.52. The summed E-state index contributed by atoms with van der Waals surface area (Å²) in [4.78, 5) is 31.1. The minimum absolute atomic E-state index is 0.199. The molecule has 0 spiro atoms. The zero-order valence-corrected chi connectivity index (χ0v) is 18.9. The van der Waals surface area contributed by atoms with Gasteiger partial charge >= 0.3 is 5.97 Å². The summed E-state index contributed by atoms with van der Waals surface area (Å²) in [5, 5.41) is 2.81. The van der Waals surface area contributed by atoms with Crippen molar-refractivity contribution in [2.45, 2.75) is 27.7 Å². The second-order valence-corrected chi connectivity index (χ2v) is 6.75. The molecular weight excluding hydrogens is 398 g/mol. The van der Waals surface area contributed by atoms with Crippen molar-refractivity contribution in [3.05, 3.63) is 47.3 Å². The number of rotatable bonds is 11. The molecule has 0 bridgehead atoms. The number of carbonyl (C=O) groups is 2. The van der Waals surface area contributed by atoms with Crippen molar-refractivity contribution in [3.8, 4) is 11.5 Å². The van der Waals surface area contributed by atoms with Crippen LogP contribution >= 0.6 is 0 Å². The second kappa shape index (κ2) is 11.9. The largest absolute Gasteiger partial charge is 0.493 e. The lowest BCUT2D eigenvalue weighted by Gasteiger charge is -2.19. The van der Waals surface area contributed by atoms with Crippen molar-refractivity contribution in [2.24, 2.45) is 0 Å². The fraction of sp³-hybridized carbons (Fsp3) is 0.435. The Labute approximate surface area is 183 Å². The molecular formula is C23H31N3O5. The summed E-state index contributed by atoms with van der Waals surface area (Å²) in [6, 6.07) is 8.24. The standard InChI is InChI=1S/C23H31N3O5/c1-6-26(7-2)13-14-31-21-15-17(9-12-20(21)29-5)25-22(27)19-11-10-18(16(4)24-19)23(28)30-8-3/h9-12,15H,6-8,13-14H2,1-5H3,(H,25,27). The van der Waals surface area contributed by atoms with Gasteiger partial charge in [-0.25, -0.2) is 9.78 Å². The van der Waals surface area contributed by atoms with Crippen molar-refractivity contribution in [3.63, 3.8) is 0 Å². The Morgan fingerprint density at radius 2 is 1.81 bits per heavy atom. The maximum absolute atomic E-state index is 12.7. The van der Waals surface area contributed by atoms with Crippen LogP contribution in [-0.2, 0) is 4.74 Å². The van der Waals surface area contributed by atoms with E-state index in [9.17, 15) is 9.59 Å². The highest BCUT2D eigenvalue weighted by molar-refractivity contribution is 6.03. The van der Waals surface area contributed by atoms with E-state index in [0.29, 0.717) is 35.1 Å². The van der Waals surface area contributed by atoms with E-state index in [-0.39, 0.29) is 12.3 Å². The molecule has 1 N–H and O–H groups in total. The van der Waals surface area contributed by atoms with Crippen LogP contribution in [0.2, 0.25) is 0 Å². The van der Waals surface area contributed by atoms with Gasteiger partial charge in [-0.2, -0.15) is 0 Å². The van der Waals surface area contributed by atoms with Gasteiger partial charge in [-0.15, -0.1) is 0 Å². The number of nitrogens with one attached hydrogen (secondary N) is 1. The fourth-order valence-electron chi connectivity index (χ4n) is 3.00. The van der Waals surface area contributed by atoms with Crippen LogP contribution in [0.25, 0.3) is 0 Å². The van der Waals surface area contributed by atoms with Gasteiger partial charge < -0.3 is 24.4 Å². The maximum atomic E-state index is 12.7. The van der Waals surface area contributed by atoms with Crippen molar-refractivity contribution in [2.75, 3.05) is 45.3 Å². The van der Waals surface area contributed by atoms with Gasteiger partial charge in [0.1, 0.15) is 12.3 Å². The van der Waals surface area contributed by atoms with E-state index >= 15 is 0 Å². The lowest BCUT2D eigenvalue weighted by atomic mass is 10.2. The number of esters is 1. The molecule has 0 aliphatic rings. The van der Waals surface area contributed by atoms with Gasteiger partial charge in [0.25, 0.3) is 5.91 Å². The quantitative estimate of drug-likeness (QED) is 0.546. The maximum Gasteiger partial charge on any atom is 0.339 e. The van der Waals surface area contributed by atoms with E-state index in [2.05, 4.69) is 29.0 Å². The first-order valence-electron chi connectivity index (χ1n) is 10.4. The lowest BCUT2D eigenvalue weighted by molar-refractivity contribution is 0.0524. The van der Waals surface area contributed by atoms with Crippen LogP contribution in [0.3, 0.4) is 0 Å². The van der Waals surface area contributed by atoms with Gasteiger partial charge in [0.2, 0.25) is 0 Å². The number of methoxy groups -OCH3 is 1. The Hall–Kier alpha value is -3.13. The number of amides is 1. The zero-order chi connectivity index (χ0) is 22.8. The number of likely N-dealkylation sites (N-methyl/N-ethyl adjacent to an activating group) is 1. The van der Waals surface area contributed by atoms with Gasteiger partial charge in [-0.05, 0) is 51.2 Å².